The van der Waals surface area contributed by atoms with Crippen molar-refractivity contribution in [2.75, 3.05) is 10.6 Å². The molecule has 0 spiro atoms. The summed E-state index contributed by atoms with van der Waals surface area (Å²) in [4.78, 5) is 12.3. The van der Waals surface area contributed by atoms with Gasteiger partial charge in [0.15, 0.2) is 0 Å². The van der Waals surface area contributed by atoms with Gasteiger partial charge in [0.05, 0.1) is 0 Å². The molecular weight excluding hydrogens is 312 g/mol. The number of hydrogen-bond acceptors (Lipinski definition) is 5. The zero-order valence-corrected chi connectivity index (χ0v) is 12.7. The number of aromatic nitrogens is 3. The van der Waals surface area contributed by atoms with Crippen molar-refractivity contribution in [3.63, 3.8) is 0 Å². The third kappa shape index (κ3) is 4.45. The van der Waals surface area contributed by atoms with Gasteiger partial charge >= 0.3 is 0 Å². The molecule has 1 aromatic heterocycles. The van der Waals surface area contributed by atoms with Gasteiger partial charge in [0.1, 0.15) is 18.0 Å². The lowest BCUT2D eigenvalue weighted by molar-refractivity contribution is 0.626. The van der Waals surface area contributed by atoms with Crippen LogP contribution in [0.25, 0.3) is 0 Å². The van der Waals surface area contributed by atoms with Gasteiger partial charge in [0.2, 0.25) is 11.9 Å². The molecule has 0 aliphatic heterocycles. The lowest BCUT2D eigenvalue weighted by Crippen LogP contribution is -2.08. The summed E-state index contributed by atoms with van der Waals surface area (Å²) in [5.41, 5.74) is 1.83. The van der Waals surface area contributed by atoms with Crippen LogP contribution in [0.1, 0.15) is 11.1 Å². The number of nitrogens with one attached hydrogen (secondary N) is 2. The fraction of sp³-hybridized carbons (Fsp3) is 0.118. The van der Waals surface area contributed by atoms with Crippen LogP contribution in [0.15, 0.2) is 54.9 Å². The van der Waals surface area contributed by atoms with Crippen molar-refractivity contribution in [3.8, 4) is 0 Å². The summed E-state index contributed by atoms with van der Waals surface area (Å²) in [7, 11) is 0. The number of nitrogens with zero attached hydrogens (tertiary/aromatic N) is 3. The molecule has 5 nitrogen and oxygen atoms in total. The lowest BCUT2D eigenvalue weighted by atomic mass is 10.2. The van der Waals surface area contributed by atoms with Crippen LogP contribution in [0, 0.1) is 11.6 Å². The van der Waals surface area contributed by atoms with E-state index in [-0.39, 0.29) is 11.6 Å². The summed E-state index contributed by atoms with van der Waals surface area (Å²) in [6.07, 6.45) is 1.40. The zero-order valence-electron chi connectivity index (χ0n) is 12.7. The van der Waals surface area contributed by atoms with Gasteiger partial charge in [0, 0.05) is 13.1 Å². The second-order valence-electron chi connectivity index (χ2n) is 5.09. The highest BCUT2D eigenvalue weighted by Gasteiger charge is 2.02. The molecule has 3 rings (SSSR count). The van der Waals surface area contributed by atoms with Crippen molar-refractivity contribution in [2.45, 2.75) is 13.1 Å². The van der Waals surface area contributed by atoms with Gasteiger partial charge in [-0.15, -0.1) is 0 Å². The highest BCUT2D eigenvalue weighted by molar-refractivity contribution is 5.34. The van der Waals surface area contributed by atoms with E-state index in [2.05, 4.69) is 25.6 Å². The van der Waals surface area contributed by atoms with Crippen LogP contribution in [0.4, 0.5) is 20.7 Å². The van der Waals surface area contributed by atoms with Crippen molar-refractivity contribution in [1.82, 2.24) is 15.0 Å². The molecule has 0 aliphatic rings. The fourth-order valence-corrected chi connectivity index (χ4v) is 2.03. The van der Waals surface area contributed by atoms with Gasteiger partial charge in [0.25, 0.3) is 0 Å². The lowest BCUT2D eigenvalue weighted by Gasteiger charge is -2.08. The Morgan fingerprint density at radius 3 is 1.50 bits per heavy atom. The Morgan fingerprint density at radius 1 is 0.667 bits per heavy atom. The molecule has 0 aliphatic carbocycles. The van der Waals surface area contributed by atoms with Crippen molar-refractivity contribution < 1.29 is 8.78 Å². The molecule has 7 heteroatoms. The molecule has 0 saturated heterocycles. The Hall–Kier alpha value is -3.09. The molecule has 0 fully saturated rings. The summed E-state index contributed by atoms with van der Waals surface area (Å²) in [6, 6.07) is 12.4. The standard InChI is InChI=1S/C17H15F2N5/c18-14-5-1-12(2-6-14)9-20-16-22-11-23-17(24-16)21-10-13-3-7-15(19)8-4-13/h1-8,11H,9-10H2,(H2,20,21,22,23,24). The summed E-state index contributed by atoms with van der Waals surface area (Å²) in [6.45, 7) is 0.948. The third-order valence-electron chi connectivity index (χ3n) is 3.30. The minimum Gasteiger partial charge on any atom is -0.350 e. The van der Waals surface area contributed by atoms with Gasteiger partial charge in [-0.05, 0) is 35.4 Å². The maximum atomic E-state index is 12.9. The molecule has 2 N–H and O–H groups in total. The number of halogens is 2. The molecule has 0 saturated carbocycles. The Balaban J connectivity index is 1.57. The molecule has 0 unspecified atom stereocenters. The van der Waals surface area contributed by atoms with E-state index in [9.17, 15) is 8.78 Å². The highest BCUT2D eigenvalue weighted by Crippen LogP contribution is 2.09. The van der Waals surface area contributed by atoms with Crippen molar-refractivity contribution >= 4 is 11.9 Å². The van der Waals surface area contributed by atoms with Crippen LogP contribution in [0.3, 0.4) is 0 Å². The SMILES string of the molecule is Fc1ccc(CNc2ncnc(NCc3ccc(F)cc3)n2)cc1. The molecule has 3 aromatic rings. The largest absolute Gasteiger partial charge is 0.350 e. The van der Waals surface area contributed by atoms with E-state index in [4.69, 9.17) is 0 Å². The summed E-state index contributed by atoms with van der Waals surface area (Å²) < 4.78 is 25.7. The van der Waals surface area contributed by atoms with E-state index in [1.807, 2.05) is 0 Å². The molecule has 0 atom stereocenters. The Morgan fingerprint density at radius 2 is 1.08 bits per heavy atom. The number of benzene rings is 2. The zero-order chi connectivity index (χ0) is 16.8. The van der Waals surface area contributed by atoms with Gasteiger partial charge in [-0.3, -0.25) is 0 Å². The maximum Gasteiger partial charge on any atom is 0.227 e. The third-order valence-corrected chi connectivity index (χ3v) is 3.30. The average Bonchev–Trinajstić information content (AvgIpc) is 2.61. The van der Waals surface area contributed by atoms with Gasteiger partial charge in [-0.25, -0.2) is 18.7 Å². The molecular formula is C17H15F2N5. The van der Waals surface area contributed by atoms with E-state index < -0.39 is 0 Å². The minimum absolute atomic E-state index is 0.272. The molecule has 122 valence electrons. The van der Waals surface area contributed by atoms with E-state index in [1.54, 1.807) is 24.3 Å². The van der Waals surface area contributed by atoms with Gasteiger partial charge < -0.3 is 10.6 Å². The molecule has 1 heterocycles. The summed E-state index contributed by atoms with van der Waals surface area (Å²) in [5.74, 6) is 0.282. The van der Waals surface area contributed by atoms with E-state index in [0.29, 0.717) is 25.0 Å². The molecule has 0 bridgehead atoms. The van der Waals surface area contributed by atoms with Gasteiger partial charge in [-0.2, -0.15) is 4.98 Å². The number of rotatable bonds is 6. The van der Waals surface area contributed by atoms with Crippen LogP contribution >= 0.6 is 0 Å². The predicted molar refractivity (Wildman–Crippen MR) is 87.3 cm³/mol. The van der Waals surface area contributed by atoms with Crippen LogP contribution in [0.5, 0.6) is 0 Å². The fourth-order valence-electron chi connectivity index (χ4n) is 2.03. The molecule has 24 heavy (non-hydrogen) atoms. The van der Waals surface area contributed by atoms with E-state index in [1.165, 1.54) is 30.6 Å². The second-order valence-corrected chi connectivity index (χ2v) is 5.09. The highest BCUT2D eigenvalue weighted by atomic mass is 19.1. The normalized spacial score (nSPS) is 10.4. The Bertz CT molecular complexity index is 726. The van der Waals surface area contributed by atoms with Crippen molar-refractivity contribution in [3.05, 3.63) is 77.6 Å². The first-order valence-corrected chi connectivity index (χ1v) is 7.35. The Kier molecular flexibility index (Phi) is 4.90. The Labute approximate surface area is 137 Å². The first-order chi connectivity index (χ1) is 11.7. The van der Waals surface area contributed by atoms with Crippen molar-refractivity contribution in [1.29, 1.82) is 0 Å². The van der Waals surface area contributed by atoms with Gasteiger partial charge in [-0.1, -0.05) is 24.3 Å². The van der Waals surface area contributed by atoms with Crippen LogP contribution in [-0.2, 0) is 13.1 Å². The molecule has 2 aromatic carbocycles. The quantitative estimate of drug-likeness (QED) is 0.727. The minimum atomic E-state index is -0.272. The first-order valence-electron chi connectivity index (χ1n) is 7.35. The van der Waals surface area contributed by atoms with Crippen LogP contribution < -0.4 is 10.6 Å². The average molecular weight is 327 g/mol. The smallest absolute Gasteiger partial charge is 0.227 e. The molecule has 0 radical (unpaired) electrons. The van der Waals surface area contributed by atoms with Crippen LogP contribution in [-0.4, -0.2) is 15.0 Å². The van der Waals surface area contributed by atoms with E-state index >= 15 is 0 Å². The second kappa shape index (κ2) is 7.45. The van der Waals surface area contributed by atoms with Crippen LogP contribution in [0.2, 0.25) is 0 Å². The topological polar surface area (TPSA) is 62.7 Å². The molecule has 0 amide bonds. The monoisotopic (exact) mass is 327 g/mol. The predicted octanol–water partition coefficient (Wildman–Crippen LogP) is 3.37. The van der Waals surface area contributed by atoms with Crippen molar-refractivity contribution in [2.24, 2.45) is 0 Å². The summed E-state index contributed by atoms with van der Waals surface area (Å²) >= 11 is 0. The maximum absolute atomic E-state index is 12.9. The van der Waals surface area contributed by atoms with E-state index in [0.717, 1.165) is 11.1 Å². The number of hydrogen-bond donors (Lipinski definition) is 2. The summed E-state index contributed by atoms with van der Waals surface area (Å²) in [5, 5.41) is 6.10. The number of anilines is 2. The first kappa shape index (κ1) is 15.8.